The first-order chi connectivity index (χ1) is 10.6. The van der Waals surface area contributed by atoms with E-state index in [1.165, 1.54) is 0 Å². The molecule has 7 heteroatoms. The summed E-state index contributed by atoms with van der Waals surface area (Å²) in [6.45, 7) is 5.39. The van der Waals surface area contributed by atoms with Crippen LogP contribution in [0.1, 0.15) is 42.9 Å². The molecule has 0 unspecified atom stereocenters. The third kappa shape index (κ3) is 2.95. The van der Waals surface area contributed by atoms with Crippen LogP contribution in [0.2, 0.25) is 0 Å². The Kier molecular flexibility index (Phi) is 4.33. The highest BCUT2D eigenvalue weighted by Crippen LogP contribution is 2.32. The van der Waals surface area contributed by atoms with Gasteiger partial charge in [-0.25, -0.2) is 9.78 Å². The van der Waals surface area contributed by atoms with Gasteiger partial charge in [-0.3, -0.25) is 4.79 Å². The van der Waals surface area contributed by atoms with Crippen LogP contribution >= 0.6 is 11.3 Å². The molecule has 3 amide bonds. The molecule has 0 aliphatic carbocycles. The van der Waals surface area contributed by atoms with Crippen LogP contribution in [-0.2, 0) is 4.79 Å². The van der Waals surface area contributed by atoms with Crippen LogP contribution in [0.3, 0.4) is 0 Å². The number of amides is 3. The number of piperidine rings is 1. The van der Waals surface area contributed by atoms with Crippen LogP contribution in [0, 0.1) is 12.8 Å². The molecule has 6 nitrogen and oxygen atoms in total. The monoisotopic (exact) mass is 322 g/mol. The predicted octanol–water partition coefficient (Wildman–Crippen LogP) is 1.82. The minimum absolute atomic E-state index is 0.0342. The van der Waals surface area contributed by atoms with Gasteiger partial charge in [0.05, 0.1) is 16.7 Å². The van der Waals surface area contributed by atoms with Gasteiger partial charge in [0.2, 0.25) is 5.91 Å². The number of rotatable bonds is 2. The molecule has 2 aliphatic heterocycles. The minimum atomic E-state index is -0.431. The molecule has 22 heavy (non-hydrogen) atoms. The Morgan fingerprint density at radius 2 is 2.32 bits per heavy atom. The molecule has 1 aromatic rings. The molecule has 0 radical (unpaired) electrons. The summed E-state index contributed by atoms with van der Waals surface area (Å²) < 4.78 is 0. The molecular weight excluding hydrogens is 300 g/mol. The van der Waals surface area contributed by atoms with Crippen LogP contribution in [-0.4, -0.2) is 41.0 Å². The van der Waals surface area contributed by atoms with Gasteiger partial charge in [-0.2, -0.15) is 0 Å². The van der Waals surface area contributed by atoms with Crippen molar-refractivity contribution < 1.29 is 9.59 Å². The summed E-state index contributed by atoms with van der Waals surface area (Å²) in [6, 6.07) is -0.548. The summed E-state index contributed by atoms with van der Waals surface area (Å²) in [7, 11) is 0. The Balaban J connectivity index is 1.69. The average molecular weight is 322 g/mol. The van der Waals surface area contributed by atoms with Crippen LogP contribution in [0.5, 0.6) is 0 Å². The lowest BCUT2D eigenvalue weighted by molar-refractivity contribution is -0.125. The number of carbonyl (C=O) groups is 2. The smallest absolute Gasteiger partial charge is 0.318 e. The second-order valence-corrected chi connectivity index (χ2v) is 7.19. The number of nitrogens with one attached hydrogen (secondary N) is 2. The zero-order chi connectivity index (χ0) is 15.7. The van der Waals surface area contributed by atoms with Gasteiger partial charge >= 0.3 is 6.03 Å². The summed E-state index contributed by atoms with van der Waals surface area (Å²) >= 11 is 1.61. The van der Waals surface area contributed by atoms with Crippen molar-refractivity contribution in [2.24, 2.45) is 5.92 Å². The molecule has 0 spiro atoms. The fraction of sp³-hybridized carbons (Fsp3) is 0.667. The van der Waals surface area contributed by atoms with Crippen molar-refractivity contribution in [2.45, 2.75) is 45.2 Å². The molecule has 2 N–H and O–H groups in total. The molecule has 0 saturated carbocycles. The van der Waals surface area contributed by atoms with Gasteiger partial charge in [0.25, 0.3) is 0 Å². The Morgan fingerprint density at radius 3 is 3.00 bits per heavy atom. The van der Waals surface area contributed by atoms with Gasteiger partial charge in [0.1, 0.15) is 6.04 Å². The molecule has 2 fully saturated rings. The quantitative estimate of drug-likeness (QED) is 0.872. The van der Waals surface area contributed by atoms with Crippen LogP contribution in [0.4, 0.5) is 4.79 Å². The first-order valence-electron chi connectivity index (χ1n) is 7.83. The Morgan fingerprint density at radius 1 is 1.50 bits per heavy atom. The van der Waals surface area contributed by atoms with Crippen molar-refractivity contribution in [2.75, 3.05) is 13.1 Å². The van der Waals surface area contributed by atoms with Crippen LogP contribution < -0.4 is 10.6 Å². The van der Waals surface area contributed by atoms with Crippen molar-refractivity contribution >= 4 is 23.3 Å². The number of urea groups is 1. The van der Waals surface area contributed by atoms with Crippen molar-refractivity contribution in [3.05, 3.63) is 16.1 Å². The molecule has 120 valence electrons. The van der Waals surface area contributed by atoms with E-state index in [9.17, 15) is 9.59 Å². The number of thiazole rings is 1. The van der Waals surface area contributed by atoms with Crippen molar-refractivity contribution in [1.29, 1.82) is 0 Å². The number of hydrogen-bond acceptors (Lipinski definition) is 4. The van der Waals surface area contributed by atoms with Crippen molar-refractivity contribution in [3.63, 3.8) is 0 Å². The highest BCUT2D eigenvalue weighted by molar-refractivity contribution is 7.09. The molecule has 2 aliphatic rings. The molecule has 0 bridgehead atoms. The summed E-state index contributed by atoms with van der Waals surface area (Å²) in [5.74, 6) is 0.0904. The molecular formula is C15H22N4O2S. The number of nitrogens with zero attached hydrogens (tertiary/aromatic N) is 2. The van der Waals surface area contributed by atoms with Gasteiger partial charge in [-0.05, 0) is 32.1 Å². The van der Waals surface area contributed by atoms with E-state index in [1.807, 2.05) is 24.1 Å². The number of carbonyl (C=O) groups excluding carboxylic acids is 2. The Hall–Kier alpha value is -1.63. The van der Waals surface area contributed by atoms with Crippen LogP contribution in [0.15, 0.2) is 5.38 Å². The van der Waals surface area contributed by atoms with E-state index in [1.54, 1.807) is 11.3 Å². The lowest BCUT2D eigenvalue weighted by atomic mass is 9.94. The fourth-order valence-corrected chi connectivity index (χ4v) is 3.89. The largest absolute Gasteiger partial charge is 0.354 e. The zero-order valence-electron chi connectivity index (χ0n) is 13.0. The first kappa shape index (κ1) is 15.3. The molecule has 3 heterocycles. The molecule has 0 aromatic carbocycles. The Labute approximate surface area is 134 Å². The van der Waals surface area contributed by atoms with Gasteiger partial charge in [-0.1, -0.05) is 6.92 Å². The highest BCUT2D eigenvalue weighted by atomic mass is 32.1. The molecule has 2 saturated heterocycles. The standard InChI is InChI=1S/C15H22N4O2S/c1-9-5-6-16-14(20)13(9)18-15(21)19-7-3-4-12(19)11-8-22-10(2)17-11/h8-9,12-13H,3-7H2,1-2H3,(H,16,20)(H,18,21)/t9-,12+,13-/m0/s1. The van der Waals surface area contributed by atoms with E-state index in [4.69, 9.17) is 0 Å². The van der Waals surface area contributed by atoms with E-state index >= 15 is 0 Å². The van der Waals surface area contributed by atoms with Crippen molar-refractivity contribution in [3.8, 4) is 0 Å². The van der Waals surface area contributed by atoms with E-state index in [2.05, 4.69) is 15.6 Å². The van der Waals surface area contributed by atoms with Gasteiger partial charge in [0.15, 0.2) is 0 Å². The summed E-state index contributed by atoms with van der Waals surface area (Å²) in [5.41, 5.74) is 0.969. The van der Waals surface area contributed by atoms with Crippen molar-refractivity contribution in [1.82, 2.24) is 20.5 Å². The SMILES string of the molecule is Cc1nc([C@H]2CCCN2C(=O)N[C@@H]2C(=O)NCC[C@@H]2C)cs1. The van der Waals surface area contributed by atoms with E-state index in [0.717, 1.165) is 36.5 Å². The van der Waals surface area contributed by atoms with E-state index in [0.29, 0.717) is 6.54 Å². The zero-order valence-corrected chi connectivity index (χ0v) is 13.8. The molecule has 3 rings (SSSR count). The van der Waals surface area contributed by atoms with Gasteiger partial charge < -0.3 is 15.5 Å². The number of aryl methyl sites for hydroxylation is 1. The number of aromatic nitrogens is 1. The lowest BCUT2D eigenvalue weighted by Crippen LogP contribution is -2.56. The second kappa shape index (κ2) is 6.24. The fourth-order valence-electron chi connectivity index (χ4n) is 3.23. The third-order valence-electron chi connectivity index (χ3n) is 4.52. The molecule has 3 atom stereocenters. The average Bonchev–Trinajstić information content (AvgIpc) is 3.11. The molecule has 1 aromatic heterocycles. The minimum Gasteiger partial charge on any atom is -0.354 e. The third-order valence-corrected chi connectivity index (χ3v) is 5.31. The summed E-state index contributed by atoms with van der Waals surface area (Å²) in [6.07, 6.45) is 2.80. The Bertz CT molecular complexity index is 574. The van der Waals surface area contributed by atoms with Gasteiger partial charge in [-0.15, -0.1) is 11.3 Å². The van der Waals surface area contributed by atoms with E-state index in [-0.39, 0.29) is 23.9 Å². The lowest BCUT2D eigenvalue weighted by Gasteiger charge is -2.32. The van der Waals surface area contributed by atoms with Crippen LogP contribution in [0.25, 0.3) is 0 Å². The summed E-state index contributed by atoms with van der Waals surface area (Å²) in [5, 5.41) is 8.78. The number of likely N-dealkylation sites (tertiary alicyclic amines) is 1. The number of hydrogen-bond donors (Lipinski definition) is 2. The highest BCUT2D eigenvalue weighted by Gasteiger charge is 2.36. The van der Waals surface area contributed by atoms with E-state index < -0.39 is 6.04 Å². The first-order valence-corrected chi connectivity index (χ1v) is 8.71. The van der Waals surface area contributed by atoms with Gasteiger partial charge in [0, 0.05) is 18.5 Å². The second-order valence-electron chi connectivity index (χ2n) is 6.13. The normalized spacial score (nSPS) is 28.5. The maximum absolute atomic E-state index is 12.6. The predicted molar refractivity (Wildman–Crippen MR) is 84.6 cm³/mol. The topological polar surface area (TPSA) is 74.3 Å². The maximum atomic E-state index is 12.6. The maximum Gasteiger partial charge on any atom is 0.318 e. The summed E-state index contributed by atoms with van der Waals surface area (Å²) in [4.78, 5) is 30.9.